The van der Waals surface area contributed by atoms with Crippen molar-refractivity contribution in [2.45, 2.75) is 50.7 Å². The monoisotopic (exact) mass is 472 g/mol. The van der Waals surface area contributed by atoms with Crippen LogP contribution in [0.1, 0.15) is 59.2 Å². The van der Waals surface area contributed by atoms with E-state index < -0.39 is 35.8 Å². The average molecular weight is 472 g/mol. The highest BCUT2D eigenvalue weighted by Gasteiger charge is 2.45. The fraction of sp³-hybridized carbons (Fsp3) is 0.522. The molecule has 1 aromatic rings. The number of likely N-dealkylation sites (tertiary alicyclic amines) is 1. The fourth-order valence-electron chi connectivity index (χ4n) is 4.58. The van der Waals surface area contributed by atoms with Gasteiger partial charge in [0.1, 0.15) is 6.04 Å². The highest BCUT2D eigenvalue weighted by Crippen LogP contribution is 2.32. The third-order valence-electron chi connectivity index (χ3n) is 6.42. The average Bonchev–Trinajstić information content (AvgIpc) is 3.07. The minimum atomic E-state index is -0.988. The van der Waals surface area contributed by atoms with Gasteiger partial charge in [-0.1, -0.05) is 6.07 Å². The fourth-order valence-corrected chi connectivity index (χ4v) is 4.58. The molecule has 0 bridgehead atoms. The Labute approximate surface area is 196 Å². The minimum Gasteiger partial charge on any atom is -0.465 e. The lowest BCUT2D eigenvalue weighted by molar-refractivity contribution is -0.136. The molecule has 34 heavy (non-hydrogen) atoms. The number of anilines is 1. The molecule has 3 aliphatic rings. The molecule has 4 rings (SSSR count). The number of unbranched alkanes of at least 4 members (excludes halogenated alkanes) is 1. The normalized spacial score (nSPS) is 21.0. The van der Waals surface area contributed by atoms with Crippen LogP contribution in [-0.4, -0.2) is 83.0 Å². The maximum atomic E-state index is 13.1. The molecular formula is C23H28N4O7. The molecule has 5 amide bonds. The van der Waals surface area contributed by atoms with Gasteiger partial charge < -0.3 is 20.1 Å². The van der Waals surface area contributed by atoms with Crippen LogP contribution in [0.3, 0.4) is 0 Å². The summed E-state index contributed by atoms with van der Waals surface area (Å²) in [7, 11) is 0. The number of hydrogen-bond donors (Lipinski definition) is 3. The van der Waals surface area contributed by atoms with Crippen molar-refractivity contribution in [2.75, 3.05) is 31.6 Å². The number of benzene rings is 1. The van der Waals surface area contributed by atoms with E-state index in [1.807, 2.05) is 0 Å². The van der Waals surface area contributed by atoms with Crippen LogP contribution in [-0.2, 0) is 14.3 Å². The summed E-state index contributed by atoms with van der Waals surface area (Å²) in [6.45, 7) is 2.11. The molecule has 1 aromatic carbocycles. The largest absolute Gasteiger partial charge is 0.465 e. The molecule has 2 fully saturated rings. The molecule has 2 saturated heterocycles. The van der Waals surface area contributed by atoms with Crippen LogP contribution in [0.5, 0.6) is 0 Å². The zero-order valence-corrected chi connectivity index (χ0v) is 18.7. The summed E-state index contributed by atoms with van der Waals surface area (Å²) >= 11 is 0. The van der Waals surface area contributed by atoms with Gasteiger partial charge in [-0.05, 0) is 44.2 Å². The molecule has 11 nitrogen and oxygen atoms in total. The summed E-state index contributed by atoms with van der Waals surface area (Å²) in [5, 5.41) is 14.4. The molecular weight excluding hydrogens is 444 g/mol. The number of carboxylic acid groups (broad SMARTS) is 1. The molecule has 11 heteroatoms. The molecule has 3 aliphatic heterocycles. The van der Waals surface area contributed by atoms with E-state index in [4.69, 9.17) is 9.84 Å². The van der Waals surface area contributed by atoms with Crippen molar-refractivity contribution in [1.29, 1.82) is 0 Å². The summed E-state index contributed by atoms with van der Waals surface area (Å²) in [4.78, 5) is 62.9. The van der Waals surface area contributed by atoms with Gasteiger partial charge in [0.25, 0.3) is 11.8 Å². The number of piperidine rings is 2. The van der Waals surface area contributed by atoms with E-state index in [0.29, 0.717) is 44.8 Å². The quantitative estimate of drug-likeness (QED) is 0.381. The summed E-state index contributed by atoms with van der Waals surface area (Å²) in [6, 6.07) is 3.99. The van der Waals surface area contributed by atoms with Crippen molar-refractivity contribution in [3.63, 3.8) is 0 Å². The van der Waals surface area contributed by atoms with Gasteiger partial charge in [-0.3, -0.25) is 29.4 Å². The Morgan fingerprint density at radius 3 is 2.56 bits per heavy atom. The number of rotatable bonds is 8. The number of carbonyl (C=O) groups excluding carboxylic acids is 4. The van der Waals surface area contributed by atoms with Gasteiger partial charge in [-0.15, -0.1) is 0 Å². The maximum absolute atomic E-state index is 13.1. The van der Waals surface area contributed by atoms with Crippen LogP contribution >= 0.6 is 0 Å². The van der Waals surface area contributed by atoms with Gasteiger partial charge in [-0.25, -0.2) is 4.79 Å². The summed E-state index contributed by atoms with van der Waals surface area (Å²) in [6.07, 6.45) is 2.33. The zero-order valence-electron chi connectivity index (χ0n) is 18.7. The lowest BCUT2D eigenvalue weighted by Crippen LogP contribution is -2.54. The van der Waals surface area contributed by atoms with Gasteiger partial charge in [-0.2, -0.15) is 0 Å². The first kappa shape index (κ1) is 23.7. The van der Waals surface area contributed by atoms with E-state index in [1.54, 1.807) is 18.2 Å². The molecule has 182 valence electrons. The molecule has 3 N–H and O–H groups in total. The topological polar surface area (TPSA) is 145 Å². The lowest BCUT2D eigenvalue weighted by Gasteiger charge is -2.29. The van der Waals surface area contributed by atoms with Crippen molar-refractivity contribution < 1.29 is 33.8 Å². The molecule has 0 aliphatic carbocycles. The molecule has 1 unspecified atom stereocenters. The second kappa shape index (κ2) is 10.2. The molecule has 0 aromatic heterocycles. The van der Waals surface area contributed by atoms with Crippen LogP contribution in [0, 0.1) is 0 Å². The number of carbonyl (C=O) groups is 5. The first-order valence-electron chi connectivity index (χ1n) is 11.5. The lowest BCUT2D eigenvalue weighted by atomic mass is 10.0. The molecule has 1 atom stereocenters. The molecule has 0 radical (unpaired) electrons. The van der Waals surface area contributed by atoms with Crippen molar-refractivity contribution in [3.8, 4) is 0 Å². The van der Waals surface area contributed by atoms with Gasteiger partial charge in [0, 0.05) is 38.3 Å². The van der Waals surface area contributed by atoms with Crippen LogP contribution in [0.2, 0.25) is 0 Å². The number of nitrogens with zero attached hydrogens (tertiary/aromatic N) is 2. The van der Waals surface area contributed by atoms with E-state index in [2.05, 4.69) is 10.6 Å². The van der Waals surface area contributed by atoms with Crippen LogP contribution in [0.4, 0.5) is 10.5 Å². The molecule has 3 heterocycles. The number of ether oxygens (including phenoxy) is 1. The van der Waals surface area contributed by atoms with E-state index >= 15 is 0 Å². The first-order chi connectivity index (χ1) is 16.4. The van der Waals surface area contributed by atoms with Gasteiger partial charge >= 0.3 is 6.09 Å². The Balaban J connectivity index is 1.26. The van der Waals surface area contributed by atoms with Crippen LogP contribution in [0.25, 0.3) is 0 Å². The predicted molar refractivity (Wildman–Crippen MR) is 119 cm³/mol. The highest BCUT2D eigenvalue weighted by atomic mass is 16.5. The summed E-state index contributed by atoms with van der Waals surface area (Å²) in [5.74, 6) is -2.10. The van der Waals surface area contributed by atoms with Crippen LogP contribution in [0.15, 0.2) is 18.2 Å². The Bertz CT molecular complexity index is 1000. The first-order valence-corrected chi connectivity index (χ1v) is 11.5. The Morgan fingerprint density at radius 2 is 1.85 bits per heavy atom. The second-order valence-corrected chi connectivity index (χ2v) is 8.65. The number of amides is 5. The van der Waals surface area contributed by atoms with Gasteiger partial charge in [0.2, 0.25) is 11.8 Å². The van der Waals surface area contributed by atoms with Crippen molar-refractivity contribution in [1.82, 2.24) is 15.1 Å². The van der Waals surface area contributed by atoms with Crippen LogP contribution < -0.4 is 10.6 Å². The number of nitrogens with one attached hydrogen (secondary N) is 2. The van der Waals surface area contributed by atoms with Crippen molar-refractivity contribution in [3.05, 3.63) is 29.3 Å². The second-order valence-electron chi connectivity index (χ2n) is 8.65. The standard InChI is InChI=1S/C23H28N4O7/c28-18-7-6-17(20(29)25-18)27-21(30)15-4-3-5-16(19(15)22(27)31)24-10-1-2-13-34-14-8-11-26(12-9-14)23(32)33/h3-5,14,17,24H,1-2,6-13H2,(H,32,33)(H,25,28,29). The number of fused-ring (bicyclic) bond motifs is 1. The van der Waals surface area contributed by atoms with Crippen molar-refractivity contribution >= 4 is 35.4 Å². The summed E-state index contributed by atoms with van der Waals surface area (Å²) in [5.41, 5.74) is 1.03. The highest BCUT2D eigenvalue weighted by molar-refractivity contribution is 6.25. The number of hydrogen-bond acceptors (Lipinski definition) is 7. The van der Waals surface area contributed by atoms with E-state index in [1.165, 1.54) is 4.90 Å². The zero-order chi connectivity index (χ0) is 24.2. The molecule has 0 spiro atoms. The third kappa shape index (κ3) is 4.89. The smallest absolute Gasteiger partial charge is 0.407 e. The summed E-state index contributed by atoms with van der Waals surface area (Å²) < 4.78 is 5.85. The third-order valence-corrected chi connectivity index (χ3v) is 6.42. The Hall–Kier alpha value is -3.47. The minimum absolute atomic E-state index is 0.0721. The maximum Gasteiger partial charge on any atom is 0.407 e. The number of imide groups is 2. The predicted octanol–water partition coefficient (Wildman–Crippen LogP) is 1.44. The Morgan fingerprint density at radius 1 is 1.09 bits per heavy atom. The van der Waals surface area contributed by atoms with Crippen molar-refractivity contribution in [2.24, 2.45) is 0 Å². The van der Waals surface area contributed by atoms with E-state index in [9.17, 15) is 24.0 Å². The van der Waals surface area contributed by atoms with Gasteiger partial charge in [0.15, 0.2) is 0 Å². The molecule has 0 saturated carbocycles. The van der Waals surface area contributed by atoms with E-state index in [-0.39, 0.29) is 30.1 Å². The SMILES string of the molecule is O=C1CCC(N2C(=O)c3cccc(NCCCCOC4CCN(C(=O)O)CC4)c3C2=O)C(=O)N1. The van der Waals surface area contributed by atoms with E-state index in [0.717, 1.165) is 17.7 Å². The van der Waals surface area contributed by atoms with Gasteiger partial charge in [0.05, 0.1) is 17.2 Å². The Kier molecular flexibility index (Phi) is 7.11.